The first-order chi connectivity index (χ1) is 8.15. The van der Waals surface area contributed by atoms with Gasteiger partial charge in [-0.1, -0.05) is 11.6 Å². The highest BCUT2D eigenvalue weighted by atomic mass is 35.5. The average Bonchev–Trinajstić information content (AvgIpc) is 2.82. The predicted octanol–water partition coefficient (Wildman–Crippen LogP) is 4.09. The van der Waals surface area contributed by atoms with Gasteiger partial charge in [-0.25, -0.2) is 15.0 Å². The Labute approximate surface area is 111 Å². The summed E-state index contributed by atoms with van der Waals surface area (Å²) in [6.07, 6.45) is 1.49. The zero-order valence-corrected chi connectivity index (χ0v) is 11.6. The quantitative estimate of drug-likeness (QED) is 0.631. The number of fused-ring (bicyclic) bond motifs is 1. The lowest BCUT2D eigenvalue weighted by Crippen LogP contribution is -1.76. The summed E-state index contributed by atoms with van der Waals surface area (Å²) in [5, 5.41) is 1.59. The molecule has 17 heavy (non-hydrogen) atoms. The molecule has 0 saturated carbocycles. The number of nitrogens with zero attached hydrogens (tertiary/aromatic N) is 3. The minimum atomic E-state index is 0.519. The summed E-state index contributed by atoms with van der Waals surface area (Å²) in [7, 11) is 0. The van der Waals surface area contributed by atoms with Crippen molar-refractivity contribution in [1.82, 2.24) is 15.0 Å². The van der Waals surface area contributed by atoms with Crippen molar-refractivity contribution in [3.8, 4) is 9.75 Å². The third kappa shape index (κ3) is 1.84. The summed E-state index contributed by atoms with van der Waals surface area (Å²) in [5.74, 6) is 0. The van der Waals surface area contributed by atoms with Crippen LogP contribution in [0.1, 0.15) is 10.7 Å². The maximum Gasteiger partial charge on any atom is 0.150 e. The third-order valence-corrected chi connectivity index (χ3v) is 5.18. The molecule has 0 spiro atoms. The van der Waals surface area contributed by atoms with Gasteiger partial charge in [-0.2, -0.15) is 0 Å². The minimum absolute atomic E-state index is 0.519. The molecule has 3 aromatic heterocycles. The van der Waals surface area contributed by atoms with Crippen molar-refractivity contribution in [1.29, 1.82) is 0 Å². The van der Waals surface area contributed by atoms with Gasteiger partial charge < -0.3 is 0 Å². The van der Waals surface area contributed by atoms with Crippen LogP contribution in [-0.4, -0.2) is 15.0 Å². The molecule has 3 nitrogen and oxygen atoms in total. The highest BCUT2D eigenvalue weighted by molar-refractivity contribution is 7.26. The van der Waals surface area contributed by atoms with Crippen LogP contribution in [-0.2, 0) is 0 Å². The Morgan fingerprint density at radius 3 is 2.65 bits per heavy atom. The van der Waals surface area contributed by atoms with E-state index >= 15 is 0 Å². The van der Waals surface area contributed by atoms with Gasteiger partial charge in [-0.3, -0.25) is 0 Å². The van der Waals surface area contributed by atoms with Gasteiger partial charge in [0.15, 0.2) is 0 Å². The molecule has 0 fully saturated rings. The molecule has 0 radical (unpaired) electrons. The Balaban J connectivity index is 2.25. The van der Waals surface area contributed by atoms with E-state index in [2.05, 4.69) is 15.0 Å². The van der Waals surface area contributed by atoms with Crippen LogP contribution in [0.25, 0.3) is 20.0 Å². The Bertz CT molecular complexity index is 702. The van der Waals surface area contributed by atoms with E-state index in [0.29, 0.717) is 5.15 Å². The van der Waals surface area contributed by atoms with Crippen LogP contribution in [0.4, 0.5) is 0 Å². The molecule has 3 aromatic rings. The molecule has 0 aliphatic rings. The second-order valence-electron chi connectivity index (χ2n) is 3.64. The molecule has 0 unspecified atom stereocenters. The van der Waals surface area contributed by atoms with Crippen molar-refractivity contribution in [2.24, 2.45) is 0 Å². The molecule has 6 heteroatoms. The number of thiazole rings is 1. The summed E-state index contributed by atoms with van der Waals surface area (Å²) in [4.78, 5) is 15.0. The van der Waals surface area contributed by atoms with Gasteiger partial charge in [0.2, 0.25) is 0 Å². The molecule has 0 N–H and O–H groups in total. The van der Waals surface area contributed by atoms with Gasteiger partial charge in [0.1, 0.15) is 11.5 Å². The van der Waals surface area contributed by atoms with Crippen molar-refractivity contribution < 1.29 is 0 Å². The van der Waals surface area contributed by atoms with Crippen LogP contribution >= 0.6 is 34.3 Å². The lowest BCUT2D eigenvalue weighted by Gasteiger charge is -1.90. The van der Waals surface area contributed by atoms with Gasteiger partial charge in [0, 0.05) is 4.88 Å². The van der Waals surface area contributed by atoms with E-state index in [-0.39, 0.29) is 0 Å². The number of thiophene rings is 1. The molecule has 3 rings (SSSR count). The lowest BCUT2D eigenvalue weighted by molar-refractivity contribution is 1.20. The fraction of sp³-hybridized carbons (Fsp3) is 0.182. The SMILES string of the molecule is Cc1nc(C)c(-c2cc3ncnc(Cl)c3s2)s1. The van der Waals surface area contributed by atoms with Crippen molar-refractivity contribution in [2.45, 2.75) is 13.8 Å². The molecule has 0 saturated heterocycles. The molecule has 0 aromatic carbocycles. The van der Waals surface area contributed by atoms with Gasteiger partial charge in [-0.05, 0) is 19.9 Å². The monoisotopic (exact) mass is 281 g/mol. The number of rotatable bonds is 1. The average molecular weight is 282 g/mol. The second-order valence-corrected chi connectivity index (χ2v) is 6.25. The highest BCUT2D eigenvalue weighted by Gasteiger charge is 2.13. The molecule has 0 amide bonds. The van der Waals surface area contributed by atoms with E-state index in [1.807, 2.05) is 19.9 Å². The van der Waals surface area contributed by atoms with E-state index in [1.165, 1.54) is 11.2 Å². The summed E-state index contributed by atoms with van der Waals surface area (Å²) in [5.41, 5.74) is 1.96. The van der Waals surface area contributed by atoms with Crippen LogP contribution in [0.15, 0.2) is 12.4 Å². The maximum absolute atomic E-state index is 6.05. The summed E-state index contributed by atoms with van der Waals surface area (Å²) < 4.78 is 0.939. The molecule has 0 atom stereocenters. The van der Waals surface area contributed by atoms with Crippen molar-refractivity contribution in [3.05, 3.63) is 28.2 Å². The Kier molecular flexibility index (Phi) is 2.61. The zero-order valence-electron chi connectivity index (χ0n) is 9.19. The van der Waals surface area contributed by atoms with Crippen LogP contribution in [0.2, 0.25) is 5.15 Å². The number of halogens is 1. The predicted molar refractivity (Wildman–Crippen MR) is 73.0 cm³/mol. The minimum Gasteiger partial charge on any atom is -0.246 e. The van der Waals surface area contributed by atoms with Crippen molar-refractivity contribution in [2.75, 3.05) is 0 Å². The molecule has 0 bridgehead atoms. The maximum atomic E-state index is 6.05. The van der Waals surface area contributed by atoms with Crippen LogP contribution < -0.4 is 0 Å². The topological polar surface area (TPSA) is 38.7 Å². The summed E-state index contributed by atoms with van der Waals surface area (Å²) in [6.45, 7) is 4.04. The Morgan fingerprint density at radius 2 is 2.00 bits per heavy atom. The lowest BCUT2D eigenvalue weighted by atomic mass is 10.3. The van der Waals surface area contributed by atoms with Gasteiger partial charge >= 0.3 is 0 Å². The standard InChI is InChI=1S/C11H8ClN3S2/c1-5-9(16-6(2)15-5)8-3-7-10(17-8)11(12)14-4-13-7/h3-4H,1-2H3. The first-order valence-electron chi connectivity index (χ1n) is 4.99. The third-order valence-electron chi connectivity index (χ3n) is 2.40. The Morgan fingerprint density at radius 1 is 1.18 bits per heavy atom. The number of aryl methyl sites for hydroxylation is 2. The molecule has 0 aliphatic heterocycles. The van der Waals surface area contributed by atoms with Gasteiger partial charge in [-0.15, -0.1) is 22.7 Å². The normalized spacial score (nSPS) is 11.2. The smallest absolute Gasteiger partial charge is 0.150 e. The molecule has 3 heterocycles. The molecular weight excluding hydrogens is 274 g/mol. The largest absolute Gasteiger partial charge is 0.246 e. The van der Waals surface area contributed by atoms with E-state index in [4.69, 9.17) is 11.6 Å². The first-order valence-corrected chi connectivity index (χ1v) is 7.00. The number of hydrogen-bond donors (Lipinski definition) is 0. The van der Waals surface area contributed by atoms with E-state index in [9.17, 15) is 0 Å². The van der Waals surface area contributed by atoms with Crippen LogP contribution in [0.5, 0.6) is 0 Å². The van der Waals surface area contributed by atoms with E-state index in [1.54, 1.807) is 22.7 Å². The Hall–Kier alpha value is -1.04. The summed E-state index contributed by atoms with van der Waals surface area (Å²) in [6, 6.07) is 2.05. The molecule has 86 valence electrons. The second kappa shape index (κ2) is 4.01. The first kappa shape index (κ1) is 11.1. The fourth-order valence-corrected chi connectivity index (χ4v) is 4.02. The number of aromatic nitrogens is 3. The number of hydrogen-bond acceptors (Lipinski definition) is 5. The summed E-state index contributed by atoms with van der Waals surface area (Å²) >= 11 is 9.36. The van der Waals surface area contributed by atoms with Crippen molar-refractivity contribution >= 4 is 44.5 Å². The molecule has 0 aliphatic carbocycles. The van der Waals surface area contributed by atoms with Crippen LogP contribution in [0, 0.1) is 13.8 Å². The van der Waals surface area contributed by atoms with Gasteiger partial charge in [0.25, 0.3) is 0 Å². The van der Waals surface area contributed by atoms with E-state index < -0.39 is 0 Å². The fourth-order valence-electron chi connectivity index (χ4n) is 1.70. The van der Waals surface area contributed by atoms with E-state index in [0.717, 1.165) is 25.8 Å². The van der Waals surface area contributed by atoms with Crippen LogP contribution in [0.3, 0.4) is 0 Å². The zero-order chi connectivity index (χ0) is 12.0. The highest BCUT2D eigenvalue weighted by Crippen LogP contribution is 2.39. The van der Waals surface area contributed by atoms with Crippen molar-refractivity contribution in [3.63, 3.8) is 0 Å². The van der Waals surface area contributed by atoms with Gasteiger partial charge in [0.05, 0.1) is 25.8 Å². The molecular formula is C11H8ClN3S2.